The Morgan fingerprint density at radius 2 is 1.68 bits per heavy atom. The Kier molecular flexibility index (Phi) is 5.48. The highest BCUT2D eigenvalue weighted by molar-refractivity contribution is 6.33. The first kappa shape index (κ1) is 20.6. The van der Waals surface area contributed by atoms with Gasteiger partial charge in [-0.15, -0.1) is 0 Å². The number of aryl methyl sites for hydroxylation is 3. The lowest BCUT2D eigenvalue weighted by atomic mass is 10.1. The summed E-state index contributed by atoms with van der Waals surface area (Å²) in [5, 5.41) is 6.62. The molecule has 2 N–H and O–H groups in total. The molecule has 0 fully saturated rings. The third kappa shape index (κ3) is 4.15. The Morgan fingerprint density at radius 1 is 0.935 bits per heavy atom. The van der Waals surface area contributed by atoms with Crippen LogP contribution in [0.2, 0.25) is 5.02 Å². The Hall–Kier alpha value is -3.64. The first-order valence-electron chi connectivity index (χ1n) is 9.77. The standard InChI is InChI=1S/C24H21ClN4O2/c1-14-8-10-19(25)22(12-14)28-24(31)27-20-11-9-17(13-15(20)2)29-16(3)26-21-7-5-4-6-18(21)23(29)30/h4-13H,1-3H3,(H2,27,28,31). The average Bonchev–Trinajstić information content (AvgIpc) is 2.72. The lowest BCUT2D eigenvalue weighted by molar-refractivity contribution is 0.262. The molecule has 0 aliphatic rings. The molecule has 0 radical (unpaired) electrons. The van der Waals surface area contributed by atoms with E-state index in [2.05, 4.69) is 15.6 Å². The van der Waals surface area contributed by atoms with Crippen LogP contribution in [0.4, 0.5) is 16.2 Å². The molecule has 0 aliphatic heterocycles. The summed E-state index contributed by atoms with van der Waals surface area (Å²) in [5.41, 5.74) is 4.19. The number of halogens is 1. The molecule has 2 amide bonds. The largest absolute Gasteiger partial charge is 0.323 e. The average molecular weight is 433 g/mol. The van der Waals surface area contributed by atoms with E-state index in [4.69, 9.17) is 11.6 Å². The monoisotopic (exact) mass is 432 g/mol. The van der Waals surface area contributed by atoms with Gasteiger partial charge in [0.05, 0.1) is 27.3 Å². The number of fused-ring (bicyclic) bond motifs is 1. The molecule has 1 heterocycles. The number of aromatic nitrogens is 2. The summed E-state index contributed by atoms with van der Waals surface area (Å²) in [6, 6.07) is 17.7. The van der Waals surface area contributed by atoms with Gasteiger partial charge in [-0.1, -0.05) is 29.8 Å². The molecule has 0 unspecified atom stereocenters. The summed E-state index contributed by atoms with van der Waals surface area (Å²) in [6.07, 6.45) is 0. The predicted octanol–water partition coefficient (Wildman–Crippen LogP) is 5.61. The molecule has 6 nitrogen and oxygen atoms in total. The Balaban J connectivity index is 1.62. The van der Waals surface area contributed by atoms with E-state index in [1.54, 1.807) is 41.8 Å². The SMILES string of the molecule is Cc1ccc(Cl)c(NC(=O)Nc2ccc(-n3c(C)nc4ccccc4c3=O)cc2C)c1. The van der Waals surface area contributed by atoms with E-state index >= 15 is 0 Å². The number of rotatable bonds is 3. The fraction of sp³-hybridized carbons (Fsp3) is 0.125. The molecular weight excluding hydrogens is 412 g/mol. The Labute approximate surface area is 184 Å². The maximum Gasteiger partial charge on any atom is 0.323 e. The second-order valence-electron chi connectivity index (χ2n) is 7.38. The molecule has 4 rings (SSSR count). The predicted molar refractivity (Wildman–Crippen MR) is 126 cm³/mol. The van der Waals surface area contributed by atoms with Crippen LogP contribution >= 0.6 is 11.6 Å². The van der Waals surface area contributed by atoms with Crippen LogP contribution in [0.25, 0.3) is 16.6 Å². The van der Waals surface area contributed by atoms with Gasteiger partial charge in [-0.25, -0.2) is 9.78 Å². The summed E-state index contributed by atoms with van der Waals surface area (Å²) in [5.74, 6) is 0.593. The molecular formula is C24H21ClN4O2. The van der Waals surface area contributed by atoms with Crippen LogP contribution < -0.4 is 16.2 Å². The van der Waals surface area contributed by atoms with Gasteiger partial charge in [0.1, 0.15) is 5.82 Å². The molecule has 0 spiro atoms. The third-order valence-corrected chi connectivity index (χ3v) is 5.36. The van der Waals surface area contributed by atoms with Gasteiger partial charge in [0, 0.05) is 5.69 Å². The topological polar surface area (TPSA) is 76.0 Å². The quantitative estimate of drug-likeness (QED) is 0.442. The number of carbonyl (C=O) groups excluding carboxylic acids is 1. The van der Waals surface area contributed by atoms with Crippen LogP contribution in [0, 0.1) is 20.8 Å². The third-order valence-electron chi connectivity index (χ3n) is 5.03. The van der Waals surface area contributed by atoms with E-state index in [9.17, 15) is 9.59 Å². The number of hydrogen-bond acceptors (Lipinski definition) is 3. The van der Waals surface area contributed by atoms with E-state index in [1.165, 1.54) is 0 Å². The zero-order valence-corrected chi connectivity index (χ0v) is 18.1. The van der Waals surface area contributed by atoms with Crippen molar-refractivity contribution in [2.75, 3.05) is 10.6 Å². The molecule has 0 atom stereocenters. The normalized spacial score (nSPS) is 10.8. The summed E-state index contributed by atoms with van der Waals surface area (Å²) in [7, 11) is 0. The minimum absolute atomic E-state index is 0.130. The number of amides is 2. The maximum atomic E-state index is 13.0. The Morgan fingerprint density at radius 3 is 2.45 bits per heavy atom. The molecule has 1 aromatic heterocycles. The first-order chi connectivity index (χ1) is 14.8. The second kappa shape index (κ2) is 8.24. The van der Waals surface area contributed by atoms with Gasteiger partial charge in [-0.2, -0.15) is 0 Å². The molecule has 3 aromatic carbocycles. The van der Waals surface area contributed by atoms with Crippen molar-refractivity contribution in [3.63, 3.8) is 0 Å². The second-order valence-corrected chi connectivity index (χ2v) is 7.79. The first-order valence-corrected chi connectivity index (χ1v) is 10.1. The van der Waals surface area contributed by atoms with Crippen LogP contribution in [0.5, 0.6) is 0 Å². The highest BCUT2D eigenvalue weighted by atomic mass is 35.5. The summed E-state index contributed by atoms with van der Waals surface area (Å²) < 4.78 is 1.58. The molecule has 7 heteroatoms. The molecule has 0 bridgehead atoms. The van der Waals surface area contributed by atoms with Crippen molar-refractivity contribution in [2.24, 2.45) is 0 Å². The number of para-hydroxylation sites is 1. The summed E-state index contributed by atoms with van der Waals surface area (Å²) in [6.45, 7) is 5.59. The molecule has 0 saturated carbocycles. The number of urea groups is 1. The van der Waals surface area contributed by atoms with Gasteiger partial charge in [0.25, 0.3) is 5.56 Å². The molecule has 31 heavy (non-hydrogen) atoms. The molecule has 156 valence electrons. The number of carbonyl (C=O) groups is 1. The van der Waals surface area contributed by atoms with Gasteiger partial charge in [0.15, 0.2) is 0 Å². The minimum Gasteiger partial charge on any atom is -0.307 e. The van der Waals surface area contributed by atoms with Crippen molar-refractivity contribution in [1.29, 1.82) is 0 Å². The summed E-state index contributed by atoms with van der Waals surface area (Å²) in [4.78, 5) is 30.0. The number of benzene rings is 3. The maximum absolute atomic E-state index is 13.0. The smallest absolute Gasteiger partial charge is 0.307 e. The van der Waals surface area contributed by atoms with Gasteiger partial charge in [0.2, 0.25) is 0 Å². The van der Waals surface area contributed by atoms with E-state index < -0.39 is 6.03 Å². The molecule has 0 aliphatic carbocycles. The van der Waals surface area contributed by atoms with Gasteiger partial charge in [-0.05, 0) is 74.4 Å². The van der Waals surface area contributed by atoms with E-state index in [-0.39, 0.29) is 5.56 Å². The Bertz CT molecular complexity index is 1380. The zero-order valence-electron chi connectivity index (χ0n) is 17.4. The fourth-order valence-electron chi connectivity index (χ4n) is 3.49. The van der Waals surface area contributed by atoms with Gasteiger partial charge in [-0.3, -0.25) is 9.36 Å². The van der Waals surface area contributed by atoms with Crippen LogP contribution in [0.1, 0.15) is 17.0 Å². The number of hydrogen-bond donors (Lipinski definition) is 2. The van der Waals surface area contributed by atoms with E-state index in [0.29, 0.717) is 38.8 Å². The lowest BCUT2D eigenvalue weighted by Crippen LogP contribution is -2.23. The lowest BCUT2D eigenvalue weighted by Gasteiger charge is -2.15. The number of anilines is 2. The van der Waals surface area contributed by atoms with E-state index in [1.807, 2.05) is 44.2 Å². The van der Waals surface area contributed by atoms with Crippen LogP contribution in [-0.4, -0.2) is 15.6 Å². The molecule has 4 aromatic rings. The highest BCUT2D eigenvalue weighted by Gasteiger charge is 2.12. The van der Waals surface area contributed by atoms with Crippen molar-refractivity contribution in [3.8, 4) is 5.69 Å². The van der Waals surface area contributed by atoms with Crippen molar-refractivity contribution >= 4 is 39.9 Å². The van der Waals surface area contributed by atoms with Crippen LogP contribution in [0.3, 0.4) is 0 Å². The van der Waals surface area contributed by atoms with Crippen molar-refractivity contribution in [3.05, 3.63) is 93.0 Å². The van der Waals surface area contributed by atoms with Crippen LogP contribution in [-0.2, 0) is 0 Å². The number of nitrogens with zero attached hydrogens (tertiary/aromatic N) is 2. The summed E-state index contributed by atoms with van der Waals surface area (Å²) >= 11 is 6.15. The highest BCUT2D eigenvalue weighted by Crippen LogP contribution is 2.24. The van der Waals surface area contributed by atoms with Gasteiger partial charge >= 0.3 is 6.03 Å². The van der Waals surface area contributed by atoms with E-state index in [0.717, 1.165) is 11.1 Å². The molecule has 0 saturated heterocycles. The minimum atomic E-state index is -0.399. The fourth-order valence-corrected chi connectivity index (χ4v) is 3.65. The van der Waals surface area contributed by atoms with Crippen molar-refractivity contribution in [2.45, 2.75) is 20.8 Å². The number of nitrogens with one attached hydrogen (secondary N) is 2. The van der Waals surface area contributed by atoms with Crippen molar-refractivity contribution in [1.82, 2.24) is 9.55 Å². The van der Waals surface area contributed by atoms with Crippen molar-refractivity contribution < 1.29 is 4.79 Å². The zero-order chi connectivity index (χ0) is 22.1. The van der Waals surface area contributed by atoms with Gasteiger partial charge < -0.3 is 10.6 Å². The van der Waals surface area contributed by atoms with Crippen LogP contribution in [0.15, 0.2) is 65.5 Å².